The Labute approximate surface area is 233 Å². The molecule has 3 heterocycles. The fourth-order valence-electron chi connectivity index (χ4n) is 5.46. The molecule has 206 valence electrons. The molecule has 2 aliphatic rings. The Morgan fingerprint density at radius 3 is 2.45 bits per heavy atom. The zero-order chi connectivity index (χ0) is 27.5. The van der Waals surface area contributed by atoms with Crippen LogP contribution >= 0.6 is 0 Å². The van der Waals surface area contributed by atoms with Crippen LogP contribution in [0.2, 0.25) is 0 Å². The summed E-state index contributed by atoms with van der Waals surface area (Å²) in [5, 5.41) is 7.96. The van der Waals surface area contributed by atoms with Crippen LogP contribution in [0.5, 0.6) is 17.2 Å². The van der Waals surface area contributed by atoms with Crippen molar-refractivity contribution in [2.24, 2.45) is 0 Å². The van der Waals surface area contributed by atoms with Crippen LogP contribution in [0.4, 0.5) is 5.69 Å². The highest BCUT2D eigenvalue weighted by atomic mass is 16.5. The molecule has 4 aromatic rings. The molecule has 0 spiro atoms. The van der Waals surface area contributed by atoms with E-state index in [9.17, 15) is 4.79 Å². The summed E-state index contributed by atoms with van der Waals surface area (Å²) in [7, 11) is 3.25. The van der Waals surface area contributed by atoms with E-state index >= 15 is 0 Å². The monoisotopic (exact) mass is 539 g/mol. The van der Waals surface area contributed by atoms with Crippen molar-refractivity contribution >= 4 is 11.6 Å². The van der Waals surface area contributed by atoms with Gasteiger partial charge in [0.1, 0.15) is 22.9 Å². The van der Waals surface area contributed by atoms with E-state index in [1.807, 2.05) is 66.7 Å². The third-order valence-electron chi connectivity index (χ3n) is 7.70. The number of amides is 1. The number of hydrogen-bond donors (Lipinski definition) is 1. The Hall–Kier alpha value is -4.30. The van der Waals surface area contributed by atoms with E-state index in [1.54, 1.807) is 19.1 Å². The van der Waals surface area contributed by atoms with Crippen LogP contribution in [0.1, 0.15) is 41.6 Å². The summed E-state index contributed by atoms with van der Waals surface area (Å²) in [5.74, 6) is 2.68. The molecule has 40 heavy (non-hydrogen) atoms. The number of ether oxygens (including phenoxy) is 3. The zero-order valence-corrected chi connectivity index (χ0v) is 22.8. The number of fused-ring (bicyclic) bond motifs is 3. The van der Waals surface area contributed by atoms with Gasteiger partial charge in [-0.3, -0.25) is 4.79 Å². The van der Waals surface area contributed by atoms with Gasteiger partial charge in [0, 0.05) is 34.4 Å². The molecule has 1 saturated heterocycles. The van der Waals surface area contributed by atoms with E-state index in [0.29, 0.717) is 36.3 Å². The highest BCUT2D eigenvalue weighted by Gasteiger charge is 2.33. The van der Waals surface area contributed by atoms with Crippen LogP contribution in [0.3, 0.4) is 0 Å². The molecule has 1 aromatic heterocycles. The molecule has 1 amide bonds. The first-order valence-electron chi connectivity index (χ1n) is 13.7. The van der Waals surface area contributed by atoms with Gasteiger partial charge in [0.25, 0.3) is 5.91 Å². The SMILES string of the molecule is COc1ccc(-c2onc3c2CN(C(=O)c2ccc(OCCC4CCCCN4)cc2)c2cc(OC)ccc2-3)cc1. The molecule has 6 rings (SSSR count). The van der Waals surface area contributed by atoms with Crippen molar-refractivity contribution in [3.05, 3.63) is 77.9 Å². The number of nitrogens with one attached hydrogen (secondary N) is 1. The van der Waals surface area contributed by atoms with Crippen LogP contribution in [0, 0.1) is 0 Å². The van der Waals surface area contributed by atoms with Gasteiger partial charge in [-0.25, -0.2) is 0 Å². The highest BCUT2D eigenvalue weighted by molar-refractivity contribution is 6.09. The molecule has 3 aromatic carbocycles. The number of methoxy groups -OCH3 is 2. The minimum absolute atomic E-state index is 0.125. The summed E-state index contributed by atoms with van der Waals surface area (Å²) < 4.78 is 22.6. The van der Waals surface area contributed by atoms with E-state index in [2.05, 4.69) is 10.5 Å². The first kappa shape index (κ1) is 26.0. The lowest BCUT2D eigenvalue weighted by Gasteiger charge is -2.29. The Morgan fingerprint density at radius 2 is 1.73 bits per heavy atom. The van der Waals surface area contributed by atoms with Gasteiger partial charge in [0.2, 0.25) is 0 Å². The van der Waals surface area contributed by atoms with Crippen molar-refractivity contribution in [3.63, 3.8) is 0 Å². The lowest BCUT2D eigenvalue weighted by Crippen LogP contribution is -2.35. The second-order valence-corrected chi connectivity index (χ2v) is 10.2. The molecule has 0 aliphatic carbocycles. The minimum Gasteiger partial charge on any atom is -0.497 e. The predicted octanol–water partition coefficient (Wildman–Crippen LogP) is 6.10. The molecular weight excluding hydrogens is 506 g/mol. The second kappa shape index (κ2) is 11.4. The molecule has 0 bridgehead atoms. The third-order valence-corrected chi connectivity index (χ3v) is 7.70. The maximum atomic E-state index is 13.9. The Balaban J connectivity index is 1.25. The van der Waals surface area contributed by atoms with Crippen LogP contribution in [-0.4, -0.2) is 44.5 Å². The lowest BCUT2D eigenvalue weighted by atomic mass is 9.95. The van der Waals surface area contributed by atoms with E-state index in [4.69, 9.17) is 18.7 Å². The Kier molecular flexibility index (Phi) is 7.42. The fourth-order valence-corrected chi connectivity index (χ4v) is 5.46. The van der Waals surface area contributed by atoms with Crippen LogP contribution in [0.15, 0.2) is 71.3 Å². The number of carbonyl (C=O) groups excluding carboxylic acids is 1. The predicted molar refractivity (Wildman–Crippen MR) is 153 cm³/mol. The van der Waals surface area contributed by atoms with Gasteiger partial charge in [-0.2, -0.15) is 0 Å². The van der Waals surface area contributed by atoms with E-state index in [0.717, 1.165) is 52.5 Å². The highest BCUT2D eigenvalue weighted by Crippen LogP contribution is 2.44. The topological polar surface area (TPSA) is 86.1 Å². The largest absolute Gasteiger partial charge is 0.497 e. The summed E-state index contributed by atoms with van der Waals surface area (Å²) in [4.78, 5) is 15.7. The van der Waals surface area contributed by atoms with Crippen molar-refractivity contribution in [3.8, 4) is 39.8 Å². The lowest BCUT2D eigenvalue weighted by molar-refractivity contribution is 0.0985. The molecule has 2 aliphatic heterocycles. The summed E-state index contributed by atoms with van der Waals surface area (Å²) in [6.45, 7) is 2.05. The van der Waals surface area contributed by atoms with E-state index in [1.165, 1.54) is 19.3 Å². The average molecular weight is 540 g/mol. The van der Waals surface area contributed by atoms with E-state index < -0.39 is 0 Å². The summed E-state index contributed by atoms with van der Waals surface area (Å²) >= 11 is 0. The summed E-state index contributed by atoms with van der Waals surface area (Å²) in [5.41, 5.74) is 4.56. The van der Waals surface area contributed by atoms with E-state index in [-0.39, 0.29) is 5.91 Å². The average Bonchev–Trinajstić information content (AvgIpc) is 3.45. The first-order chi connectivity index (χ1) is 19.6. The normalized spacial score (nSPS) is 16.1. The molecule has 8 heteroatoms. The van der Waals surface area contributed by atoms with Crippen molar-refractivity contribution in [2.45, 2.75) is 38.3 Å². The zero-order valence-electron chi connectivity index (χ0n) is 22.8. The number of nitrogens with zero attached hydrogens (tertiary/aromatic N) is 2. The van der Waals surface area contributed by atoms with Gasteiger partial charge in [-0.05, 0) is 86.5 Å². The molecule has 1 N–H and O–H groups in total. The summed E-state index contributed by atoms with van der Waals surface area (Å²) in [6, 6.07) is 21.2. The number of hydrogen-bond acceptors (Lipinski definition) is 7. The molecule has 1 unspecified atom stereocenters. The minimum atomic E-state index is -0.125. The molecule has 8 nitrogen and oxygen atoms in total. The van der Waals surface area contributed by atoms with Gasteiger partial charge >= 0.3 is 0 Å². The van der Waals surface area contributed by atoms with Gasteiger partial charge in [0.05, 0.1) is 33.1 Å². The van der Waals surface area contributed by atoms with Crippen molar-refractivity contribution < 1.29 is 23.5 Å². The van der Waals surface area contributed by atoms with Gasteiger partial charge in [0.15, 0.2) is 5.76 Å². The Bertz CT molecular complexity index is 1460. The molecular formula is C32H33N3O5. The number of carbonyl (C=O) groups is 1. The van der Waals surface area contributed by atoms with Gasteiger partial charge in [-0.15, -0.1) is 0 Å². The fraction of sp³-hybridized carbons (Fsp3) is 0.312. The van der Waals surface area contributed by atoms with Crippen molar-refractivity contribution in [1.82, 2.24) is 10.5 Å². The Morgan fingerprint density at radius 1 is 0.975 bits per heavy atom. The molecule has 1 atom stereocenters. The van der Waals surface area contributed by atoms with Crippen LogP contribution < -0.4 is 24.4 Å². The number of rotatable bonds is 8. The van der Waals surface area contributed by atoms with Crippen molar-refractivity contribution in [1.29, 1.82) is 0 Å². The van der Waals surface area contributed by atoms with Gasteiger partial charge < -0.3 is 29.0 Å². The van der Waals surface area contributed by atoms with Crippen molar-refractivity contribution in [2.75, 3.05) is 32.3 Å². The maximum Gasteiger partial charge on any atom is 0.258 e. The maximum absolute atomic E-state index is 13.9. The number of benzene rings is 3. The molecule has 1 fully saturated rings. The summed E-state index contributed by atoms with van der Waals surface area (Å²) in [6.07, 6.45) is 4.71. The smallest absolute Gasteiger partial charge is 0.258 e. The number of anilines is 1. The quantitative estimate of drug-likeness (QED) is 0.290. The van der Waals surface area contributed by atoms with Crippen LogP contribution in [0.25, 0.3) is 22.6 Å². The first-order valence-corrected chi connectivity index (χ1v) is 13.7. The second-order valence-electron chi connectivity index (χ2n) is 10.2. The number of piperidine rings is 1. The van der Waals surface area contributed by atoms with Gasteiger partial charge in [-0.1, -0.05) is 11.6 Å². The molecule has 0 saturated carbocycles. The standard InChI is InChI=1S/C32H33N3O5/c1-37-24-10-6-21(7-11-24)31-28-20-35(29-19-26(38-2)14-15-27(29)30(28)34-40-31)32(36)22-8-12-25(13-9-22)39-18-16-23-5-3-4-17-33-23/h6-15,19,23,33H,3-5,16-18,20H2,1-2H3. The molecule has 0 radical (unpaired) electrons. The van der Waals surface area contributed by atoms with Crippen LogP contribution in [-0.2, 0) is 6.54 Å². The number of aromatic nitrogens is 1. The third kappa shape index (κ3) is 5.14.